The minimum Gasteiger partial charge on any atom is -0.444 e. The smallest absolute Gasteiger partial charge is 0.407 e. The van der Waals surface area contributed by atoms with Gasteiger partial charge in [-0.3, -0.25) is 9.63 Å². The molecule has 0 unspecified atom stereocenters. The maximum Gasteiger partial charge on any atom is 0.407 e. The molecule has 1 radical (unpaired) electrons. The first-order chi connectivity index (χ1) is 7.65. The number of ether oxygens (including phenoxy) is 1. The summed E-state index contributed by atoms with van der Waals surface area (Å²) in [5, 5.41) is 3.55. The first-order valence-corrected chi connectivity index (χ1v) is 5.29. The van der Waals surface area contributed by atoms with Gasteiger partial charge in [0.15, 0.2) is 0 Å². The van der Waals surface area contributed by atoms with Gasteiger partial charge in [-0.2, -0.15) is 0 Å². The van der Waals surface area contributed by atoms with Gasteiger partial charge in [0.2, 0.25) is 5.91 Å². The van der Waals surface area contributed by atoms with Gasteiger partial charge < -0.3 is 10.1 Å². The summed E-state index contributed by atoms with van der Waals surface area (Å²) in [6.45, 7) is 8.93. The number of rotatable bonds is 4. The van der Waals surface area contributed by atoms with Crippen LogP contribution in [0.15, 0.2) is 0 Å². The van der Waals surface area contributed by atoms with Crippen molar-refractivity contribution in [2.45, 2.75) is 38.8 Å². The average Bonchev–Trinajstić information content (AvgIpc) is 2.12. The Kier molecular flexibility index (Phi) is 5.95. The van der Waals surface area contributed by atoms with E-state index in [1.54, 1.807) is 20.8 Å². The molecule has 99 valence electrons. The molecule has 0 fully saturated rings. The molecule has 0 aliphatic rings. The highest BCUT2D eigenvalue weighted by atomic mass is 16.7. The third-order valence-corrected chi connectivity index (χ3v) is 1.77. The molecular weight excluding hydrogens is 224 g/mol. The summed E-state index contributed by atoms with van der Waals surface area (Å²) < 4.78 is 5.03. The normalized spacial score (nSPS) is 12.8. The van der Waals surface area contributed by atoms with Crippen molar-refractivity contribution < 1.29 is 19.2 Å². The van der Waals surface area contributed by atoms with Gasteiger partial charge in [-0.15, -0.1) is 0 Å². The first kappa shape index (κ1) is 15.7. The van der Waals surface area contributed by atoms with Gasteiger partial charge in [-0.05, 0) is 27.7 Å². The third kappa shape index (κ3) is 7.57. The fourth-order valence-corrected chi connectivity index (χ4v) is 0.966. The number of carbonyl (C=O) groups excluding carboxylic acids is 2. The lowest BCUT2D eigenvalue weighted by Gasteiger charge is -2.22. The van der Waals surface area contributed by atoms with Crippen molar-refractivity contribution in [1.82, 2.24) is 10.4 Å². The van der Waals surface area contributed by atoms with Crippen LogP contribution in [0, 0.1) is 6.92 Å². The molecule has 0 rings (SSSR count). The monoisotopic (exact) mass is 245 g/mol. The van der Waals surface area contributed by atoms with Gasteiger partial charge >= 0.3 is 6.09 Å². The highest BCUT2D eigenvalue weighted by Gasteiger charge is 2.19. The van der Waals surface area contributed by atoms with Crippen molar-refractivity contribution in [2.75, 3.05) is 14.2 Å². The summed E-state index contributed by atoms with van der Waals surface area (Å²) >= 11 is 0. The number of amides is 2. The number of hydrogen-bond donors (Lipinski definition) is 1. The lowest BCUT2D eigenvalue weighted by Crippen LogP contribution is -2.40. The molecule has 0 bridgehead atoms. The second-order valence-corrected chi connectivity index (χ2v) is 4.62. The first-order valence-electron chi connectivity index (χ1n) is 5.29. The summed E-state index contributed by atoms with van der Waals surface area (Å²) in [6, 6.07) is -0.560. The van der Waals surface area contributed by atoms with E-state index in [0.29, 0.717) is 0 Å². The van der Waals surface area contributed by atoms with Crippen molar-refractivity contribution in [2.24, 2.45) is 0 Å². The van der Waals surface area contributed by atoms with Gasteiger partial charge in [0, 0.05) is 19.5 Å². The number of carbonyl (C=O) groups is 2. The second kappa shape index (κ2) is 6.44. The van der Waals surface area contributed by atoms with Crippen LogP contribution in [0.5, 0.6) is 0 Å². The van der Waals surface area contributed by atoms with Crippen LogP contribution in [0.4, 0.5) is 4.79 Å². The zero-order valence-corrected chi connectivity index (χ0v) is 11.1. The molecular formula is C11H21N2O4. The van der Waals surface area contributed by atoms with Crippen LogP contribution in [-0.4, -0.2) is 42.9 Å². The summed E-state index contributed by atoms with van der Waals surface area (Å²) in [5.41, 5.74) is -0.572. The average molecular weight is 245 g/mol. The molecule has 1 N–H and O–H groups in total. The van der Waals surface area contributed by atoms with Gasteiger partial charge in [0.05, 0.1) is 7.11 Å². The molecule has 2 amide bonds. The van der Waals surface area contributed by atoms with Crippen LogP contribution in [0.2, 0.25) is 0 Å². The molecule has 0 aromatic rings. The Balaban J connectivity index is 4.06. The Bertz CT molecular complexity index is 273. The van der Waals surface area contributed by atoms with Crippen LogP contribution >= 0.6 is 0 Å². The Labute approximate surface area is 102 Å². The molecule has 1 atom stereocenters. The quantitative estimate of drug-likeness (QED) is 0.754. The maximum absolute atomic E-state index is 11.4. The fraction of sp³-hybridized carbons (Fsp3) is 0.727. The molecule has 0 aliphatic carbocycles. The van der Waals surface area contributed by atoms with E-state index in [0.717, 1.165) is 5.06 Å². The molecule has 0 spiro atoms. The Morgan fingerprint density at radius 1 is 1.41 bits per heavy atom. The Morgan fingerprint density at radius 2 is 1.94 bits per heavy atom. The number of nitrogens with one attached hydrogen (secondary N) is 1. The molecule has 6 nitrogen and oxygen atoms in total. The van der Waals surface area contributed by atoms with Crippen molar-refractivity contribution in [3.8, 4) is 0 Å². The fourth-order valence-electron chi connectivity index (χ4n) is 0.966. The minimum absolute atomic E-state index is 0.0452. The van der Waals surface area contributed by atoms with Gasteiger partial charge in [0.25, 0.3) is 0 Å². The predicted molar refractivity (Wildman–Crippen MR) is 62.9 cm³/mol. The minimum atomic E-state index is -0.592. The van der Waals surface area contributed by atoms with E-state index < -0.39 is 17.7 Å². The van der Waals surface area contributed by atoms with E-state index in [4.69, 9.17) is 9.57 Å². The molecule has 0 aliphatic heterocycles. The van der Waals surface area contributed by atoms with E-state index >= 15 is 0 Å². The van der Waals surface area contributed by atoms with E-state index in [9.17, 15) is 9.59 Å². The van der Waals surface area contributed by atoms with Crippen LogP contribution < -0.4 is 5.32 Å². The van der Waals surface area contributed by atoms with Crippen molar-refractivity contribution in [3.63, 3.8) is 0 Å². The van der Waals surface area contributed by atoms with Crippen LogP contribution in [0.3, 0.4) is 0 Å². The zero-order valence-electron chi connectivity index (χ0n) is 11.1. The highest BCUT2D eigenvalue weighted by Crippen LogP contribution is 2.07. The predicted octanol–water partition coefficient (Wildman–Crippen LogP) is 1.12. The lowest BCUT2D eigenvalue weighted by atomic mass is 10.2. The van der Waals surface area contributed by atoms with Gasteiger partial charge in [-0.25, -0.2) is 9.86 Å². The van der Waals surface area contributed by atoms with E-state index in [2.05, 4.69) is 12.2 Å². The maximum atomic E-state index is 11.4. The third-order valence-electron chi connectivity index (χ3n) is 1.77. The standard InChI is InChI=1S/C11H21N2O4/c1-8(7-9(14)13(5)16-6)12-10(15)17-11(2,3)4/h8H,1,7H2,2-6H3,(H,12,15)/t8-/m1/s1. The topological polar surface area (TPSA) is 67.9 Å². The van der Waals surface area contributed by atoms with Gasteiger partial charge in [0.1, 0.15) is 5.60 Å². The molecule has 6 heteroatoms. The molecule has 0 saturated carbocycles. The molecule has 17 heavy (non-hydrogen) atoms. The molecule has 0 aromatic heterocycles. The van der Waals surface area contributed by atoms with Crippen LogP contribution in [0.25, 0.3) is 0 Å². The van der Waals surface area contributed by atoms with E-state index in [-0.39, 0.29) is 12.3 Å². The second-order valence-electron chi connectivity index (χ2n) is 4.62. The largest absolute Gasteiger partial charge is 0.444 e. The summed E-state index contributed by atoms with van der Waals surface area (Å²) in [7, 11) is 2.87. The van der Waals surface area contributed by atoms with Crippen LogP contribution in [0.1, 0.15) is 27.2 Å². The highest BCUT2D eigenvalue weighted by molar-refractivity contribution is 5.76. The SMILES string of the molecule is [CH2][C@H](CC(=O)N(C)OC)NC(=O)OC(C)(C)C. The molecule has 0 saturated heterocycles. The zero-order chi connectivity index (χ0) is 13.6. The Morgan fingerprint density at radius 3 is 2.35 bits per heavy atom. The Hall–Kier alpha value is -1.30. The van der Waals surface area contributed by atoms with Crippen molar-refractivity contribution in [1.29, 1.82) is 0 Å². The number of hydroxylamine groups is 2. The summed E-state index contributed by atoms with van der Waals surface area (Å²) in [6.07, 6.45) is -0.547. The number of alkyl carbamates (subject to hydrolysis) is 1. The van der Waals surface area contributed by atoms with Crippen LogP contribution in [-0.2, 0) is 14.4 Å². The van der Waals surface area contributed by atoms with Gasteiger partial charge in [-0.1, -0.05) is 0 Å². The summed E-state index contributed by atoms with van der Waals surface area (Å²) in [4.78, 5) is 27.5. The molecule has 0 heterocycles. The number of nitrogens with zero attached hydrogens (tertiary/aromatic N) is 1. The van der Waals surface area contributed by atoms with E-state index in [1.807, 2.05) is 0 Å². The number of hydrogen-bond acceptors (Lipinski definition) is 4. The van der Waals surface area contributed by atoms with E-state index in [1.165, 1.54) is 14.2 Å². The van der Waals surface area contributed by atoms with Crippen molar-refractivity contribution in [3.05, 3.63) is 6.92 Å². The molecule has 0 aromatic carbocycles. The summed E-state index contributed by atoms with van der Waals surface area (Å²) in [5.74, 6) is -0.274. The lowest BCUT2D eigenvalue weighted by molar-refractivity contribution is -0.168. The van der Waals surface area contributed by atoms with Crippen molar-refractivity contribution >= 4 is 12.0 Å².